The maximum atomic E-state index is 5.49. The summed E-state index contributed by atoms with van der Waals surface area (Å²) in [5.41, 5.74) is 1.34. The molecule has 1 aliphatic heterocycles. The van der Waals surface area contributed by atoms with Gasteiger partial charge in [-0.1, -0.05) is 37.3 Å². The minimum absolute atomic E-state index is 0. The quantitative estimate of drug-likeness (QED) is 0.412. The minimum atomic E-state index is 0. The third-order valence-electron chi connectivity index (χ3n) is 3.90. The van der Waals surface area contributed by atoms with Crippen LogP contribution < -0.4 is 10.6 Å². The van der Waals surface area contributed by atoms with Gasteiger partial charge in [0.2, 0.25) is 0 Å². The van der Waals surface area contributed by atoms with Gasteiger partial charge < -0.3 is 15.4 Å². The van der Waals surface area contributed by atoms with E-state index in [2.05, 4.69) is 57.8 Å². The second-order valence-electron chi connectivity index (χ2n) is 5.45. The van der Waals surface area contributed by atoms with Crippen LogP contribution in [0.3, 0.4) is 0 Å². The third-order valence-corrected chi connectivity index (χ3v) is 3.90. The Hall–Kier alpha value is -0.860. The van der Waals surface area contributed by atoms with E-state index in [-0.39, 0.29) is 24.0 Å². The van der Waals surface area contributed by atoms with E-state index in [1.807, 2.05) is 7.05 Å². The predicted molar refractivity (Wildman–Crippen MR) is 107 cm³/mol. The van der Waals surface area contributed by atoms with Crippen molar-refractivity contribution in [2.45, 2.75) is 19.4 Å². The van der Waals surface area contributed by atoms with Gasteiger partial charge in [-0.3, -0.25) is 9.89 Å². The lowest BCUT2D eigenvalue weighted by Gasteiger charge is -2.35. The predicted octanol–water partition coefficient (Wildman–Crippen LogP) is 2.25. The molecule has 23 heavy (non-hydrogen) atoms. The highest BCUT2D eigenvalue weighted by Gasteiger charge is 2.22. The molecule has 1 heterocycles. The Balaban J connectivity index is 0.00000264. The number of nitrogens with zero attached hydrogens (tertiary/aromatic N) is 2. The fraction of sp³-hybridized carbons (Fsp3) is 0.588. The van der Waals surface area contributed by atoms with E-state index in [4.69, 9.17) is 4.74 Å². The second-order valence-corrected chi connectivity index (χ2v) is 5.45. The summed E-state index contributed by atoms with van der Waals surface area (Å²) in [6, 6.07) is 11.0. The SMILES string of the molecule is CCCNC(=NC)NCC(c1ccccc1)N1CCOCC1.I. The van der Waals surface area contributed by atoms with Crippen LogP contribution in [0.15, 0.2) is 35.3 Å². The molecule has 1 aromatic carbocycles. The van der Waals surface area contributed by atoms with E-state index < -0.39 is 0 Å². The van der Waals surface area contributed by atoms with Crippen LogP contribution in [-0.4, -0.2) is 57.3 Å². The number of aliphatic imine (C=N–C) groups is 1. The Morgan fingerprint density at radius 1 is 1.22 bits per heavy atom. The van der Waals surface area contributed by atoms with Crippen molar-refractivity contribution >= 4 is 29.9 Å². The average Bonchev–Trinajstić information content (AvgIpc) is 2.59. The maximum Gasteiger partial charge on any atom is 0.191 e. The molecule has 0 bridgehead atoms. The van der Waals surface area contributed by atoms with E-state index in [1.54, 1.807) is 0 Å². The molecule has 2 N–H and O–H groups in total. The van der Waals surface area contributed by atoms with Crippen LogP contribution in [0.4, 0.5) is 0 Å². The number of rotatable bonds is 6. The molecule has 1 atom stereocenters. The van der Waals surface area contributed by atoms with Crippen LogP contribution in [-0.2, 0) is 4.74 Å². The zero-order chi connectivity index (χ0) is 15.6. The molecule has 6 heteroatoms. The lowest BCUT2D eigenvalue weighted by Crippen LogP contribution is -2.46. The molecule has 130 valence electrons. The van der Waals surface area contributed by atoms with Crippen LogP contribution >= 0.6 is 24.0 Å². The van der Waals surface area contributed by atoms with E-state index >= 15 is 0 Å². The first-order valence-electron chi connectivity index (χ1n) is 8.16. The van der Waals surface area contributed by atoms with Crippen molar-refractivity contribution < 1.29 is 4.74 Å². The number of benzene rings is 1. The fourth-order valence-corrected chi connectivity index (χ4v) is 2.68. The second kappa shape index (κ2) is 11.6. The highest BCUT2D eigenvalue weighted by molar-refractivity contribution is 14.0. The van der Waals surface area contributed by atoms with Crippen LogP contribution in [0.25, 0.3) is 0 Å². The van der Waals surface area contributed by atoms with Crippen molar-refractivity contribution in [1.29, 1.82) is 0 Å². The van der Waals surface area contributed by atoms with Gasteiger partial charge in [0.25, 0.3) is 0 Å². The molecule has 1 saturated heterocycles. The molecule has 1 unspecified atom stereocenters. The van der Waals surface area contributed by atoms with E-state index in [0.29, 0.717) is 6.04 Å². The first-order chi connectivity index (χ1) is 10.8. The van der Waals surface area contributed by atoms with Crippen molar-refractivity contribution in [2.24, 2.45) is 4.99 Å². The van der Waals surface area contributed by atoms with E-state index in [9.17, 15) is 0 Å². The van der Waals surface area contributed by atoms with Crippen molar-refractivity contribution in [1.82, 2.24) is 15.5 Å². The summed E-state index contributed by atoms with van der Waals surface area (Å²) in [6.45, 7) is 7.50. The molecule has 1 aliphatic rings. The molecule has 0 amide bonds. The molecule has 0 radical (unpaired) electrons. The van der Waals surface area contributed by atoms with Gasteiger partial charge in [0.05, 0.1) is 19.3 Å². The molecular formula is C17H29IN4O. The number of hydrogen-bond acceptors (Lipinski definition) is 3. The van der Waals surface area contributed by atoms with Crippen LogP contribution in [0, 0.1) is 0 Å². The van der Waals surface area contributed by atoms with Crippen molar-refractivity contribution in [3.05, 3.63) is 35.9 Å². The van der Waals surface area contributed by atoms with Crippen molar-refractivity contribution in [2.75, 3.05) is 46.4 Å². The molecule has 5 nitrogen and oxygen atoms in total. The number of halogens is 1. The Morgan fingerprint density at radius 3 is 2.52 bits per heavy atom. The minimum Gasteiger partial charge on any atom is -0.379 e. The van der Waals surface area contributed by atoms with Gasteiger partial charge in [0, 0.05) is 33.2 Å². The molecule has 1 fully saturated rings. The highest BCUT2D eigenvalue weighted by atomic mass is 127. The molecule has 2 rings (SSSR count). The topological polar surface area (TPSA) is 48.9 Å². The summed E-state index contributed by atoms with van der Waals surface area (Å²) >= 11 is 0. The molecule has 0 aromatic heterocycles. The van der Waals surface area contributed by atoms with Gasteiger partial charge in [-0.25, -0.2) is 0 Å². The van der Waals surface area contributed by atoms with Crippen molar-refractivity contribution in [3.8, 4) is 0 Å². The summed E-state index contributed by atoms with van der Waals surface area (Å²) in [5.74, 6) is 0.871. The lowest BCUT2D eigenvalue weighted by atomic mass is 10.0. The van der Waals surface area contributed by atoms with Crippen LogP contribution in [0.5, 0.6) is 0 Å². The highest BCUT2D eigenvalue weighted by Crippen LogP contribution is 2.20. The Kier molecular flexibility index (Phi) is 10.2. The average molecular weight is 432 g/mol. The zero-order valence-corrected chi connectivity index (χ0v) is 16.5. The lowest BCUT2D eigenvalue weighted by molar-refractivity contribution is 0.0170. The van der Waals surface area contributed by atoms with E-state index in [0.717, 1.165) is 51.8 Å². The fourth-order valence-electron chi connectivity index (χ4n) is 2.68. The maximum absolute atomic E-state index is 5.49. The Morgan fingerprint density at radius 2 is 1.91 bits per heavy atom. The Labute approximate surface area is 156 Å². The third kappa shape index (κ3) is 6.64. The van der Waals surface area contributed by atoms with Gasteiger partial charge in [-0.15, -0.1) is 24.0 Å². The normalized spacial score (nSPS) is 17.2. The van der Waals surface area contributed by atoms with E-state index in [1.165, 1.54) is 5.56 Å². The number of hydrogen-bond donors (Lipinski definition) is 2. The smallest absolute Gasteiger partial charge is 0.191 e. The Bertz CT molecular complexity index is 449. The molecular weight excluding hydrogens is 403 g/mol. The number of morpholine rings is 1. The van der Waals surface area contributed by atoms with Crippen LogP contribution in [0.1, 0.15) is 24.9 Å². The van der Waals surface area contributed by atoms with Gasteiger partial charge >= 0.3 is 0 Å². The zero-order valence-electron chi connectivity index (χ0n) is 14.1. The summed E-state index contributed by atoms with van der Waals surface area (Å²) in [7, 11) is 1.82. The monoisotopic (exact) mass is 432 g/mol. The first-order valence-corrected chi connectivity index (χ1v) is 8.16. The number of ether oxygens (including phenoxy) is 1. The molecule has 0 aliphatic carbocycles. The summed E-state index contributed by atoms with van der Waals surface area (Å²) < 4.78 is 5.49. The largest absolute Gasteiger partial charge is 0.379 e. The van der Waals surface area contributed by atoms with Gasteiger partial charge in [0.1, 0.15) is 0 Å². The number of guanidine groups is 1. The van der Waals surface area contributed by atoms with Gasteiger partial charge in [0.15, 0.2) is 5.96 Å². The summed E-state index contributed by atoms with van der Waals surface area (Å²) in [5, 5.41) is 6.78. The first kappa shape index (κ1) is 20.2. The standard InChI is InChI=1S/C17H28N4O.HI/c1-3-9-19-17(18-2)20-14-16(15-7-5-4-6-8-15)21-10-12-22-13-11-21;/h4-8,16H,3,9-14H2,1-2H3,(H2,18,19,20);1H. The van der Waals surface area contributed by atoms with Gasteiger partial charge in [-0.2, -0.15) is 0 Å². The van der Waals surface area contributed by atoms with Gasteiger partial charge in [-0.05, 0) is 12.0 Å². The number of nitrogens with one attached hydrogen (secondary N) is 2. The molecule has 0 spiro atoms. The van der Waals surface area contributed by atoms with Crippen LogP contribution in [0.2, 0.25) is 0 Å². The summed E-state index contributed by atoms with van der Waals surface area (Å²) in [6.07, 6.45) is 1.09. The molecule has 1 aromatic rings. The van der Waals surface area contributed by atoms with Crippen molar-refractivity contribution in [3.63, 3.8) is 0 Å². The summed E-state index contributed by atoms with van der Waals surface area (Å²) in [4.78, 5) is 6.77. The molecule has 0 saturated carbocycles.